The number of nitrogens with one attached hydrogen (secondary N) is 2. The first-order valence-corrected chi connectivity index (χ1v) is 16.0. The summed E-state index contributed by atoms with van der Waals surface area (Å²) in [6.07, 6.45) is 2.65. The van der Waals surface area contributed by atoms with Crippen molar-refractivity contribution in [1.82, 2.24) is 20.1 Å². The van der Waals surface area contributed by atoms with Crippen LogP contribution in [0.2, 0.25) is 5.02 Å². The predicted octanol–water partition coefficient (Wildman–Crippen LogP) is 5.08. The average molecular weight is 656 g/mol. The molecule has 44 heavy (non-hydrogen) atoms. The zero-order valence-corrected chi connectivity index (χ0v) is 26.4. The van der Waals surface area contributed by atoms with Gasteiger partial charge >= 0.3 is 5.97 Å². The number of aryl methyl sites for hydroxylation is 1. The number of para-hydroxylation sites is 2. The molecule has 1 aliphatic rings. The quantitative estimate of drug-likeness (QED) is 0.149. The summed E-state index contributed by atoms with van der Waals surface area (Å²) in [7, 11) is 1.55. The number of carbonyl (C=O) groups is 3. The smallest absolute Gasteiger partial charge is 0.341 e. The van der Waals surface area contributed by atoms with Gasteiger partial charge in [-0.2, -0.15) is 0 Å². The third-order valence-corrected chi connectivity index (χ3v) is 9.03. The van der Waals surface area contributed by atoms with Crippen LogP contribution in [0.4, 0.5) is 5.00 Å². The first-order valence-electron chi connectivity index (χ1n) is 13.8. The van der Waals surface area contributed by atoms with E-state index in [-0.39, 0.29) is 37.3 Å². The molecule has 2 aromatic carbocycles. The summed E-state index contributed by atoms with van der Waals surface area (Å²) in [5.41, 5.74) is 2.07. The monoisotopic (exact) mass is 655 g/mol. The number of thiophene rings is 1. The van der Waals surface area contributed by atoms with E-state index >= 15 is 0 Å². The van der Waals surface area contributed by atoms with E-state index in [1.165, 1.54) is 23.1 Å². The fraction of sp³-hybridized carbons (Fsp3) is 0.300. The Labute approximate surface area is 267 Å². The number of aromatic nitrogens is 3. The van der Waals surface area contributed by atoms with Crippen LogP contribution in [0.25, 0.3) is 5.69 Å². The molecular formula is C30H30ClN5O6S2. The first-order chi connectivity index (χ1) is 21.4. The van der Waals surface area contributed by atoms with E-state index in [0.717, 1.165) is 29.7 Å². The number of hydrogen-bond donors (Lipinski definition) is 2. The molecule has 230 valence electrons. The molecule has 11 nitrogen and oxygen atoms in total. The SMILES string of the molecule is CCOC(=O)c1c(NC(=O)CSc2nnc(CNC(=O)COc3ccc(Cl)cc3)n2-c2ccccc2OC)sc2c1CCC2. The molecule has 0 unspecified atom stereocenters. The van der Waals surface area contributed by atoms with Gasteiger partial charge in [-0.1, -0.05) is 35.5 Å². The molecule has 2 N–H and O–H groups in total. The Morgan fingerprint density at radius 2 is 1.86 bits per heavy atom. The van der Waals surface area contributed by atoms with Gasteiger partial charge in [0.15, 0.2) is 17.6 Å². The average Bonchev–Trinajstić information content (AvgIpc) is 3.73. The molecule has 0 radical (unpaired) electrons. The number of hydrogen-bond acceptors (Lipinski definition) is 10. The number of carbonyl (C=O) groups excluding carboxylic acids is 3. The summed E-state index contributed by atoms with van der Waals surface area (Å²) in [5.74, 6) is 0.421. The van der Waals surface area contributed by atoms with Crippen molar-refractivity contribution in [2.75, 3.05) is 31.4 Å². The van der Waals surface area contributed by atoms with Crippen molar-refractivity contribution in [3.63, 3.8) is 0 Å². The van der Waals surface area contributed by atoms with Gasteiger partial charge in [0.05, 0.1) is 37.3 Å². The molecule has 5 rings (SSSR count). The molecule has 0 saturated carbocycles. The molecule has 0 aliphatic heterocycles. The second-order valence-electron chi connectivity index (χ2n) is 9.54. The Kier molecular flexibility index (Phi) is 10.4. The highest BCUT2D eigenvalue weighted by molar-refractivity contribution is 7.99. The Balaban J connectivity index is 1.29. The van der Waals surface area contributed by atoms with Gasteiger partial charge in [0.25, 0.3) is 5.91 Å². The highest BCUT2D eigenvalue weighted by Crippen LogP contribution is 2.39. The van der Waals surface area contributed by atoms with Gasteiger partial charge in [-0.05, 0) is 68.1 Å². The lowest BCUT2D eigenvalue weighted by atomic mass is 10.1. The summed E-state index contributed by atoms with van der Waals surface area (Å²) < 4.78 is 18.1. The lowest BCUT2D eigenvalue weighted by molar-refractivity contribution is -0.123. The van der Waals surface area contributed by atoms with Crippen molar-refractivity contribution in [1.29, 1.82) is 0 Å². The Morgan fingerprint density at radius 3 is 2.64 bits per heavy atom. The van der Waals surface area contributed by atoms with Gasteiger partial charge in [0, 0.05) is 9.90 Å². The minimum absolute atomic E-state index is 0.000590. The zero-order valence-electron chi connectivity index (χ0n) is 24.1. The van der Waals surface area contributed by atoms with Gasteiger partial charge in [-0.25, -0.2) is 4.79 Å². The number of benzene rings is 2. The van der Waals surface area contributed by atoms with Crippen molar-refractivity contribution >= 4 is 57.5 Å². The minimum atomic E-state index is -0.420. The first kappa shape index (κ1) is 31.4. The summed E-state index contributed by atoms with van der Waals surface area (Å²) in [5, 5.41) is 15.8. The fourth-order valence-corrected chi connectivity index (χ4v) is 6.86. The van der Waals surface area contributed by atoms with Crippen LogP contribution in [0, 0.1) is 0 Å². The minimum Gasteiger partial charge on any atom is -0.495 e. The van der Waals surface area contributed by atoms with E-state index in [0.29, 0.717) is 43.8 Å². The molecule has 4 aromatic rings. The molecule has 0 fully saturated rings. The van der Waals surface area contributed by atoms with E-state index in [4.69, 9.17) is 25.8 Å². The summed E-state index contributed by atoms with van der Waals surface area (Å²) in [6.45, 7) is 1.85. The standard InChI is InChI=1S/C30H30ClN5O6S2/c1-3-41-29(39)27-20-7-6-10-23(20)44-28(27)33-26(38)17-43-30-35-34-24(36(30)21-8-4-5-9-22(21)40-2)15-32-25(37)16-42-19-13-11-18(31)12-14-19/h4-5,8-9,11-14H,3,6-7,10,15-17H2,1-2H3,(H,32,37)(H,33,38). The predicted molar refractivity (Wildman–Crippen MR) is 168 cm³/mol. The van der Waals surface area contributed by atoms with Gasteiger partial charge < -0.3 is 24.8 Å². The topological polar surface area (TPSA) is 134 Å². The maximum absolute atomic E-state index is 13.1. The van der Waals surface area contributed by atoms with E-state index in [1.54, 1.807) is 48.9 Å². The third kappa shape index (κ3) is 7.34. The fourth-order valence-electron chi connectivity index (χ4n) is 4.68. The second-order valence-corrected chi connectivity index (χ2v) is 12.0. The number of rotatable bonds is 13. The summed E-state index contributed by atoms with van der Waals surface area (Å²) >= 11 is 8.50. The van der Waals surface area contributed by atoms with Crippen LogP contribution in [0.1, 0.15) is 40.0 Å². The molecule has 2 amide bonds. The number of halogens is 1. The van der Waals surface area contributed by atoms with Crippen molar-refractivity contribution in [2.24, 2.45) is 0 Å². The zero-order chi connectivity index (χ0) is 31.1. The van der Waals surface area contributed by atoms with Crippen LogP contribution in [-0.4, -0.2) is 58.6 Å². The largest absolute Gasteiger partial charge is 0.495 e. The number of anilines is 1. The van der Waals surface area contributed by atoms with Crippen LogP contribution >= 0.6 is 34.7 Å². The third-order valence-electron chi connectivity index (χ3n) is 6.64. The molecule has 1 aliphatic carbocycles. The molecule has 0 atom stereocenters. The van der Waals surface area contributed by atoms with E-state index < -0.39 is 5.97 Å². The molecule has 0 bridgehead atoms. The Hall–Kier alpha value is -4.07. The van der Waals surface area contributed by atoms with Crippen LogP contribution in [0.3, 0.4) is 0 Å². The van der Waals surface area contributed by atoms with Crippen LogP contribution in [0.15, 0.2) is 53.7 Å². The summed E-state index contributed by atoms with van der Waals surface area (Å²) in [6, 6.07) is 14.0. The van der Waals surface area contributed by atoms with E-state index in [2.05, 4.69) is 20.8 Å². The maximum atomic E-state index is 13.1. The number of esters is 1. The van der Waals surface area contributed by atoms with Crippen molar-refractivity contribution in [3.8, 4) is 17.2 Å². The van der Waals surface area contributed by atoms with E-state index in [9.17, 15) is 14.4 Å². The van der Waals surface area contributed by atoms with Crippen LogP contribution in [0.5, 0.6) is 11.5 Å². The Morgan fingerprint density at radius 1 is 1.07 bits per heavy atom. The van der Waals surface area contributed by atoms with E-state index in [1.807, 2.05) is 18.2 Å². The van der Waals surface area contributed by atoms with Crippen molar-refractivity contribution < 1.29 is 28.6 Å². The van der Waals surface area contributed by atoms with Crippen molar-refractivity contribution in [2.45, 2.75) is 37.9 Å². The number of thioether (sulfide) groups is 1. The molecular weight excluding hydrogens is 626 g/mol. The molecule has 14 heteroatoms. The molecule has 2 aromatic heterocycles. The number of methoxy groups -OCH3 is 1. The van der Waals surface area contributed by atoms with Crippen LogP contribution < -0.4 is 20.1 Å². The normalized spacial score (nSPS) is 12.0. The number of ether oxygens (including phenoxy) is 3. The van der Waals surface area contributed by atoms with Gasteiger partial charge in [0.2, 0.25) is 5.91 Å². The van der Waals surface area contributed by atoms with Gasteiger partial charge in [-0.3, -0.25) is 14.2 Å². The molecule has 0 spiro atoms. The highest BCUT2D eigenvalue weighted by Gasteiger charge is 2.28. The summed E-state index contributed by atoms with van der Waals surface area (Å²) in [4.78, 5) is 39.5. The second kappa shape index (κ2) is 14.6. The van der Waals surface area contributed by atoms with Crippen LogP contribution in [-0.2, 0) is 33.7 Å². The number of amides is 2. The van der Waals surface area contributed by atoms with Gasteiger partial charge in [0.1, 0.15) is 16.5 Å². The number of fused-ring (bicyclic) bond motifs is 1. The Bertz CT molecular complexity index is 1660. The lowest BCUT2D eigenvalue weighted by Gasteiger charge is -2.14. The molecule has 2 heterocycles. The lowest BCUT2D eigenvalue weighted by Crippen LogP contribution is -2.29. The molecule has 0 saturated heterocycles. The maximum Gasteiger partial charge on any atom is 0.341 e. The van der Waals surface area contributed by atoms with Crippen molar-refractivity contribution in [3.05, 3.63) is 75.4 Å². The number of nitrogens with zero attached hydrogens (tertiary/aromatic N) is 3. The highest BCUT2D eigenvalue weighted by atomic mass is 35.5. The van der Waals surface area contributed by atoms with Gasteiger partial charge in [-0.15, -0.1) is 21.5 Å².